The number of halogens is 1. The summed E-state index contributed by atoms with van der Waals surface area (Å²) in [5, 5.41) is 2.82. The van der Waals surface area contributed by atoms with E-state index in [1.165, 1.54) is 19.2 Å². The summed E-state index contributed by atoms with van der Waals surface area (Å²) in [6.45, 7) is 0. The van der Waals surface area contributed by atoms with Gasteiger partial charge in [-0.05, 0) is 54.1 Å². The Morgan fingerprint density at radius 2 is 1.48 bits per heavy atom. The fourth-order valence-corrected chi connectivity index (χ4v) is 3.06. The SMILES string of the molecule is COc1ccc(NC(=O)c2ccc(Oc3ncc(-c4ccc(F)cc4)cn3)cc2)cc1OC. The van der Waals surface area contributed by atoms with Crippen LogP contribution < -0.4 is 19.5 Å². The van der Waals surface area contributed by atoms with Crippen LogP contribution in [0.15, 0.2) is 79.1 Å². The number of anilines is 1. The highest BCUT2D eigenvalue weighted by Crippen LogP contribution is 2.30. The molecule has 1 N–H and O–H groups in total. The molecule has 7 nitrogen and oxygen atoms in total. The standard InChI is InChI=1S/C25H20FN3O4/c1-31-22-12-9-20(13-23(22)32-2)29-24(30)17-5-10-21(11-6-17)33-25-27-14-18(15-28-25)16-3-7-19(26)8-4-16/h3-15H,1-2H3,(H,29,30). The van der Waals surface area contributed by atoms with Crippen molar-refractivity contribution in [1.29, 1.82) is 0 Å². The summed E-state index contributed by atoms with van der Waals surface area (Å²) in [7, 11) is 3.08. The highest BCUT2D eigenvalue weighted by Gasteiger charge is 2.10. The molecule has 0 fully saturated rings. The Labute approximate surface area is 189 Å². The van der Waals surface area contributed by atoms with Gasteiger partial charge in [-0.25, -0.2) is 14.4 Å². The molecule has 1 heterocycles. The van der Waals surface area contributed by atoms with Crippen LogP contribution in [0.3, 0.4) is 0 Å². The van der Waals surface area contributed by atoms with Gasteiger partial charge in [0.1, 0.15) is 11.6 Å². The van der Waals surface area contributed by atoms with E-state index in [1.54, 1.807) is 74.1 Å². The predicted octanol–water partition coefficient (Wildman–Crippen LogP) is 5.34. The molecule has 1 amide bonds. The molecule has 4 rings (SSSR count). The Morgan fingerprint density at radius 1 is 0.818 bits per heavy atom. The number of rotatable bonds is 7. The first kappa shape index (κ1) is 21.8. The molecule has 0 atom stereocenters. The summed E-state index contributed by atoms with van der Waals surface area (Å²) in [5.41, 5.74) is 2.56. The quantitative estimate of drug-likeness (QED) is 0.413. The van der Waals surface area contributed by atoms with E-state index in [1.807, 2.05) is 0 Å². The van der Waals surface area contributed by atoms with Gasteiger partial charge in [0.15, 0.2) is 11.5 Å². The van der Waals surface area contributed by atoms with Crippen LogP contribution in [0.4, 0.5) is 10.1 Å². The first-order valence-electron chi connectivity index (χ1n) is 9.95. The summed E-state index contributed by atoms with van der Waals surface area (Å²) >= 11 is 0. The number of hydrogen-bond donors (Lipinski definition) is 1. The molecule has 0 spiro atoms. The van der Waals surface area contributed by atoms with Crippen LogP contribution >= 0.6 is 0 Å². The maximum Gasteiger partial charge on any atom is 0.321 e. The second kappa shape index (κ2) is 9.78. The van der Waals surface area contributed by atoms with E-state index in [9.17, 15) is 9.18 Å². The highest BCUT2D eigenvalue weighted by molar-refractivity contribution is 6.04. The molecule has 0 bridgehead atoms. The van der Waals surface area contributed by atoms with Gasteiger partial charge in [0.2, 0.25) is 0 Å². The summed E-state index contributed by atoms with van der Waals surface area (Å²) < 4.78 is 29.2. The number of methoxy groups -OCH3 is 2. The molecule has 4 aromatic rings. The van der Waals surface area contributed by atoms with Crippen LogP contribution in [0.1, 0.15) is 10.4 Å². The average Bonchev–Trinajstić information content (AvgIpc) is 2.85. The molecule has 0 radical (unpaired) electrons. The van der Waals surface area contributed by atoms with Gasteiger partial charge < -0.3 is 19.5 Å². The second-order valence-electron chi connectivity index (χ2n) is 6.91. The van der Waals surface area contributed by atoms with Gasteiger partial charge >= 0.3 is 6.01 Å². The van der Waals surface area contributed by atoms with Crippen molar-refractivity contribution in [1.82, 2.24) is 9.97 Å². The minimum Gasteiger partial charge on any atom is -0.493 e. The van der Waals surface area contributed by atoms with Crippen LogP contribution in [-0.4, -0.2) is 30.1 Å². The second-order valence-corrected chi connectivity index (χ2v) is 6.91. The zero-order valence-corrected chi connectivity index (χ0v) is 17.9. The van der Waals surface area contributed by atoms with Crippen LogP contribution in [0.25, 0.3) is 11.1 Å². The number of ether oxygens (including phenoxy) is 3. The molecular formula is C25H20FN3O4. The number of hydrogen-bond acceptors (Lipinski definition) is 6. The van der Waals surface area contributed by atoms with Crippen molar-refractivity contribution >= 4 is 11.6 Å². The average molecular weight is 445 g/mol. The Morgan fingerprint density at radius 3 is 2.12 bits per heavy atom. The fourth-order valence-electron chi connectivity index (χ4n) is 3.06. The number of nitrogens with one attached hydrogen (secondary N) is 1. The van der Waals surface area contributed by atoms with Crippen molar-refractivity contribution in [2.75, 3.05) is 19.5 Å². The van der Waals surface area contributed by atoms with Crippen molar-refractivity contribution < 1.29 is 23.4 Å². The molecule has 166 valence electrons. The zero-order valence-electron chi connectivity index (χ0n) is 17.9. The molecule has 0 aliphatic carbocycles. The maximum atomic E-state index is 13.1. The van der Waals surface area contributed by atoms with Gasteiger partial charge in [-0.2, -0.15) is 0 Å². The molecule has 3 aromatic carbocycles. The largest absolute Gasteiger partial charge is 0.493 e. The molecule has 0 saturated heterocycles. The lowest BCUT2D eigenvalue weighted by molar-refractivity contribution is 0.102. The highest BCUT2D eigenvalue weighted by atomic mass is 19.1. The third-order valence-corrected chi connectivity index (χ3v) is 4.77. The Balaban J connectivity index is 1.40. The Bertz CT molecular complexity index is 1240. The van der Waals surface area contributed by atoms with Gasteiger partial charge in [0.25, 0.3) is 5.91 Å². The Kier molecular flexibility index (Phi) is 6.45. The first-order chi connectivity index (χ1) is 16.1. The van der Waals surface area contributed by atoms with Crippen molar-refractivity contribution in [2.45, 2.75) is 0 Å². The van der Waals surface area contributed by atoms with E-state index in [0.717, 1.165) is 11.1 Å². The number of carbonyl (C=O) groups is 1. The number of carbonyl (C=O) groups excluding carboxylic acids is 1. The van der Waals surface area contributed by atoms with Gasteiger partial charge in [-0.3, -0.25) is 4.79 Å². The molecule has 1 aromatic heterocycles. The number of benzene rings is 3. The summed E-state index contributed by atoms with van der Waals surface area (Å²) in [4.78, 5) is 20.9. The van der Waals surface area contributed by atoms with Crippen LogP contribution in [0, 0.1) is 5.82 Å². The maximum absolute atomic E-state index is 13.1. The fraction of sp³-hybridized carbons (Fsp3) is 0.0800. The van der Waals surface area contributed by atoms with Crippen molar-refractivity contribution in [2.24, 2.45) is 0 Å². The topological polar surface area (TPSA) is 82.6 Å². The van der Waals surface area contributed by atoms with Gasteiger partial charge in [0, 0.05) is 35.3 Å². The molecule has 0 aliphatic heterocycles. The monoisotopic (exact) mass is 445 g/mol. The number of aromatic nitrogens is 2. The van der Waals surface area contributed by atoms with E-state index in [0.29, 0.717) is 28.5 Å². The predicted molar refractivity (Wildman–Crippen MR) is 121 cm³/mol. The molecule has 0 unspecified atom stereocenters. The van der Waals surface area contributed by atoms with E-state index in [2.05, 4.69) is 15.3 Å². The third kappa shape index (κ3) is 5.24. The molecule has 33 heavy (non-hydrogen) atoms. The molecule has 8 heteroatoms. The summed E-state index contributed by atoms with van der Waals surface area (Å²) in [6, 6.07) is 17.9. The van der Waals surface area contributed by atoms with Gasteiger partial charge in [-0.15, -0.1) is 0 Å². The van der Waals surface area contributed by atoms with E-state index in [4.69, 9.17) is 14.2 Å². The summed E-state index contributed by atoms with van der Waals surface area (Å²) in [5.74, 6) is 0.982. The number of nitrogens with zero attached hydrogens (tertiary/aromatic N) is 2. The van der Waals surface area contributed by atoms with Crippen molar-refractivity contribution in [3.63, 3.8) is 0 Å². The van der Waals surface area contributed by atoms with Gasteiger partial charge in [0.05, 0.1) is 14.2 Å². The normalized spacial score (nSPS) is 10.4. The Hall–Kier alpha value is -4.46. The van der Waals surface area contributed by atoms with Crippen LogP contribution in [0.5, 0.6) is 23.3 Å². The van der Waals surface area contributed by atoms with Crippen molar-refractivity contribution in [3.8, 4) is 34.4 Å². The van der Waals surface area contributed by atoms with Crippen LogP contribution in [-0.2, 0) is 0 Å². The summed E-state index contributed by atoms with van der Waals surface area (Å²) in [6.07, 6.45) is 3.20. The van der Waals surface area contributed by atoms with Crippen LogP contribution in [0.2, 0.25) is 0 Å². The van der Waals surface area contributed by atoms with E-state index in [-0.39, 0.29) is 17.7 Å². The lowest BCUT2D eigenvalue weighted by Gasteiger charge is -2.11. The third-order valence-electron chi connectivity index (χ3n) is 4.77. The molecular weight excluding hydrogens is 425 g/mol. The minimum absolute atomic E-state index is 0.156. The smallest absolute Gasteiger partial charge is 0.321 e. The minimum atomic E-state index is -0.305. The van der Waals surface area contributed by atoms with Gasteiger partial charge in [-0.1, -0.05) is 12.1 Å². The molecule has 0 saturated carbocycles. The van der Waals surface area contributed by atoms with E-state index >= 15 is 0 Å². The number of amides is 1. The first-order valence-corrected chi connectivity index (χ1v) is 9.95. The lowest BCUT2D eigenvalue weighted by atomic mass is 10.1. The lowest BCUT2D eigenvalue weighted by Crippen LogP contribution is -2.11. The molecule has 0 aliphatic rings. The van der Waals surface area contributed by atoms with E-state index < -0.39 is 0 Å². The zero-order chi connectivity index (χ0) is 23.2. The van der Waals surface area contributed by atoms with Crippen molar-refractivity contribution in [3.05, 3.63) is 90.5 Å².